The Morgan fingerprint density at radius 3 is 2.66 bits per heavy atom. The van der Waals surface area contributed by atoms with Gasteiger partial charge in [-0.2, -0.15) is 0 Å². The molecule has 5 nitrogen and oxygen atoms in total. The third-order valence-corrected chi connectivity index (χ3v) is 9.29. The zero-order chi connectivity index (χ0) is 27.5. The van der Waals surface area contributed by atoms with Crippen LogP contribution in [0.25, 0.3) is 0 Å². The van der Waals surface area contributed by atoms with E-state index >= 15 is 0 Å². The van der Waals surface area contributed by atoms with Crippen molar-refractivity contribution in [3.05, 3.63) is 60.3 Å². The van der Waals surface area contributed by atoms with Crippen LogP contribution in [0.4, 0.5) is 0 Å². The Bertz CT molecular complexity index is 880. The number of nitrogens with one attached hydrogen (secondary N) is 2. The highest BCUT2D eigenvalue weighted by Gasteiger charge is 2.39. The summed E-state index contributed by atoms with van der Waals surface area (Å²) in [6.07, 6.45) is 13.6. The third kappa shape index (κ3) is 8.69. The predicted molar refractivity (Wildman–Crippen MR) is 162 cm³/mol. The van der Waals surface area contributed by atoms with Crippen molar-refractivity contribution in [3.63, 3.8) is 0 Å². The lowest BCUT2D eigenvalue weighted by Gasteiger charge is -2.48. The van der Waals surface area contributed by atoms with Gasteiger partial charge in [-0.15, -0.1) is 0 Å². The van der Waals surface area contributed by atoms with Crippen LogP contribution in [0, 0.1) is 18.3 Å². The van der Waals surface area contributed by atoms with Crippen LogP contribution >= 0.6 is 0 Å². The van der Waals surface area contributed by atoms with Gasteiger partial charge < -0.3 is 26.0 Å². The molecule has 1 aromatic rings. The summed E-state index contributed by atoms with van der Waals surface area (Å²) < 4.78 is 5.20. The van der Waals surface area contributed by atoms with E-state index in [9.17, 15) is 0 Å². The summed E-state index contributed by atoms with van der Waals surface area (Å²) in [5, 5.41) is 7.16. The number of likely N-dealkylation sites (tertiary alicyclic amines) is 1. The summed E-state index contributed by atoms with van der Waals surface area (Å²) in [4.78, 5) is 2.52. The molecule has 0 radical (unpaired) electrons. The van der Waals surface area contributed by atoms with Crippen LogP contribution in [-0.4, -0.2) is 43.7 Å². The van der Waals surface area contributed by atoms with Gasteiger partial charge in [0.15, 0.2) is 5.88 Å². The summed E-state index contributed by atoms with van der Waals surface area (Å²) in [6.45, 7) is 18.4. The maximum absolute atomic E-state index is 6.66. The molecule has 1 aliphatic heterocycles. The molecular formula is C33H56N4O. The molecule has 38 heavy (non-hydrogen) atoms. The van der Waals surface area contributed by atoms with Gasteiger partial charge in [-0.05, 0) is 74.8 Å². The molecule has 1 aromatic carbocycles. The molecule has 1 aliphatic carbocycles. The van der Waals surface area contributed by atoms with Crippen molar-refractivity contribution >= 4 is 0 Å². The maximum atomic E-state index is 6.66. The highest BCUT2D eigenvalue weighted by molar-refractivity contribution is 5.28. The first-order valence-electron chi connectivity index (χ1n) is 15.2. The third-order valence-electron chi connectivity index (χ3n) is 9.29. The fraction of sp³-hybridized carbons (Fsp3) is 0.697. The molecule has 4 N–H and O–H groups in total. The molecule has 3 rings (SSSR count). The quantitative estimate of drug-likeness (QED) is 0.174. The topological polar surface area (TPSA) is 62.5 Å². The largest absolute Gasteiger partial charge is 0.483 e. The van der Waals surface area contributed by atoms with E-state index in [-0.39, 0.29) is 11.5 Å². The van der Waals surface area contributed by atoms with Gasteiger partial charge in [-0.1, -0.05) is 82.4 Å². The fourth-order valence-corrected chi connectivity index (χ4v) is 6.91. The zero-order valence-corrected chi connectivity index (χ0v) is 24.9. The number of hydrogen-bond donors (Lipinski definition) is 3. The number of rotatable bonds is 15. The van der Waals surface area contributed by atoms with Gasteiger partial charge in [-0.3, -0.25) is 0 Å². The fourth-order valence-electron chi connectivity index (χ4n) is 6.91. The van der Waals surface area contributed by atoms with E-state index in [2.05, 4.69) is 73.7 Å². The van der Waals surface area contributed by atoms with Crippen molar-refractivity contribution in [2.75, 3.05) is 26.7 Å². The molecule has 0 bridgehead atoms. The Hall–Kier alpha value is -2.14. The SMILES string of the molecule is C=C(NCCC[C@@H](c1cccc(C)c1)[C@]1(C)CCCN(C(=C)N[C@@H](CC2CCCCC2)C(N)CC)C1)OC. The van der Waals surface area contributed by atoms with Crippen molar-refractivity contribution in [1.82, 2.24) is 15.5 Å². The lowest BCUT2D eigenvalue weighted by atomic mass is 9.67. The number of nitrogens with two attached hydrogens (primary N) is 1. The second-order valence-corrected chi connectivity index (χ2v) is 12.4. The first-order valence-corrected chi connectivity index (χ1v) is 15.2. The summed E-state index contributed by atoms with van der Waals surface area (Å²) in [5.74, 6) is 2.99. The molecule has 1 saturated heterocycles. The first-order chi connectivity index (χ1) is 18.3. The Balaban J connectivity index is 1.71. The molecule has 1 heterocycles. The molecule has 1 unspecified atom stereocenters. The predicted octanol–water partition coefficient (Wildman–Crippen LogP) is 6.81. The minimum absolute atomic E-state index is 0.166. The van der Waals surface area contributed by atoms with Gasteiger partial charge in [0.25, 0.3) is 0 Å². The Morgan fingerprint density at radius 2 is 1.97 bits per heavy atom. The Labute approximate surface area is 233 Å². The van der Waals surface area contributed by atoms with Crippen molar-refractivity contribution in [2.24, 2.45) is 17.1 Å². The Kier molecular flexibility index (Phi) is 11.9. The summed E-state index contributed by atoms with van der Waals surface area (Å²) in [7, 11) is 1.66. The van der Waals surface area contributed by atoms with Gasteiger partial charge in [0, 0.05) is 31.7 Å². The lowest BCUT2D eigenvalue weighted by Crippen LogP contribution is -2.51. The Morgan fingerprint density at radius 1 is 1.21 bits per heavy atom. The second kappa shape index (κ2) is 14.9. The van der Waals surface area contributed by atoms with Crippen molar-refractivity contribution in [1.29, 1.82) is 0 Å². The van der Waals surface area contributed by atoms with Crippen LogP contribution in [0.3, 0.4) is 0 Å². The van der Waals surface area contributed by atoms with Gasteiger partial charge >= 0.3 is 0 Å². The van der Waals surface area contributed by atoms with Crippen LogP contribution in [0.5, 0.6) is 0 Å². The van der Waals surface area contributed by atoms with Crippen LogP contribution < -0.4 is 16.4 Å². The van der Waals surface area contributed by atoms with Crippen LogP contribution in [0.15, 0.2) is 49.1 Å². The first kappa shape index (κ1) is 30.4. The molecule has 0 amide bonds. The van der Waals surface area contributed by atoms with E-state index in [4.69, 9.17) is 10.5 Å². The number of piperidine rings is 1. The van der Waals surface area contributed by atoms with E-state index in [0.29, 0.717) is 17.8 Å². The van der Waals surface area contributed by atoms with E-state index in [0.717, 1.165) is 50.6 Å². The monoisotopic (exact) mass is 524 g/mol. The van der Waals surface area contributed by atoms with E-state index in [1.165, 1.54) is 62.5 Å². The van der Waals surface area contributed by atoms with Crippen LogP contribution in [-0.2, 0) is 4.74 Å². The summed E-state index contributed by atoms with van der Waals surface area (Å²) in [5.41, 5.74) is 9.62. The molecule has 2 aliphatic rings. The minimum atomic E-state index is 0.166. The highest BCUT2D eigenvalue weighted by atomic mass is 16.5. The maximum Gasteiger partial charge on any atom is 0.178 e. The molecule has 0 aromatic heterocycles. The number of hydrogen-bond acceptors (Lipinski definition) is 5. The average Bonchev–Trinajstić information content (AvgIpc) is 2.92. The van der Waals surface area contributed by atoms with Gasteiger partial charge in [0.1, 0.15) is 0 Å². The van der Waals surface area contributed by atoms with E-state index in [1.54, 1.807) is 7.11 Å². The van der Waals surface area contributed by atoms with E-state index < -0.39 is 0 Å². The van der Waals surface area contributed by atoms with Gasteiger partial charge in [-0.25, -0.2) is 0 Å². The minimum Gasteiger partial charge on any atom is -0.483 e. The van der Waals surface area contributed by atoms with Gasteiger partial charge in [0.05, 0.1) is 12.9 Å². The zero-order valence-electron chi connectivity index (χ0n) is 24.9. The standard InChI is InChI=1S/C33H56N4O/c1-7-31(34)32(23-28-15-9-8-10-16-28)36-26(3)37-21-13-19-33(5,24-37)30(18-12-20-35-27(4)38-6)29-17-11-14-25(2)22-29/h11,14,17,22,28,30-32,35-36H,3-4,7-10,12-13,15-16,18-21,23-24,34H2,1-2,5-6H3/t30-,31?,32-,33+/m0/s1. The molecule has 1 saturated carbocycles. The number of benzene rings is 1. The molecule has 4 atom stereocenters. The molecule has 0 spiro atoms. The van der Waals surface area contributed by atoms with Crippen molar-refractivity contribution < 1.29 is 4.74 Å². The van der Waals surface area contributed by atoms with Crippen molar-refractivity contribution in [2.45, 2.75) is 109 Å². The summed E-state index contributed by atoms with van der Waals surface area (Å²) >= 11 is 0. The van der Waals surface area contributed by atoms with Crippen molar-refractivity contribution in [3.8, 4) is 0 Å². The van der Waals surface area contributed by atoms with Crippen LogP contribution in [0.1, 0.15) is 102 Å². The molecule has 214 valence electrons. The highest BCUT2D eigenvalue weighted by Crippen LogP contribution is 2.46. The normalized spacial score (nSPS) is 22.8. The molecule has 2 fully saturated rings. The molecule has 5 heteroatoms. The van der Waals surface area contributed by atoms with E-state index in [1.807, 2.05) is 0 Å². The smallest absolute Gasteiger partial charge is 0.178 e. The number of aryl methyl sites for hydroxylation is 1. The molecular weight excluding hydrogens is 468 g/mol. The second-order valence-electron chi connectivity index (χ2n) is 12.4. The average molecular weight is 525 g/mol. The number of ether oxygens (including phenoxy) is 1. The number of nitrogens with zero attached hydrogens (tertiary/aromatic N) is 1. The van der Waals surface area contributed by atoms with Gasteiger partial charge in [0.2, 0.25) is 0 Å². The summed E-state index contributed by atoms with van der Waals surface area (Å²) in [6, 6.07) is 9.61. The number of methoxy groups -OCH3 is 1. The van der Waals surface area contributed by atoms with Crippen LogP contribution in [0.2, 0.25) is 0 Å². The lowest BCUT2D eigenvalue weighted by molar-refractivity contribution is 0.0890.